The molecule has 2 aromatic rings. The molecule has 1 amide bonds. The van der Waals surface area contributed by atoms with Crippen LogP contribution >= 0.6 is 11.6 Å². The van der Waals surface area contributed by atoms with Gasteiger partial charge in [0.1, 0.15) is 11.9 Å². The Balaban J connectivity index is 1.41. The van der Waals surface area contributed by atoms with Crippen molar-refractivity contribution in [2.45, 2.75) is 50.7 Å². The van der Waals surface area contributed by atoms with Crippen LogP contribution in [0.4, 0.5) is 0 Å². The first-order valence-corrected chi connectivity index (χ1v) is 11.2. The Bertz CT molecular complexity index is 952. The fourth-order valence-electron chi connectivity index (χ4n) is 4.13. The molecule has 2 heterocycles. The van der Waals surface area contributed by atoms with Crippen molar-refractivity contribution in [1.82, 2.24) is 4.90 Å². The second kappa shape index (κ2) is 9.01. The number of rotatable bonds is 7. The van der Waals surface area contributed by atoms with Crippen LogP contribution in [-0.4, -0.2) is 48.0 Å². The molecule has 164 valence electrons. The van der Waals surface area contributed by atoms with E-state index < -0.39 is 5.60 Å². The van der Waals surface area contributed by atoms with Crippen molar-refractivity contribution in [2.24, 2.45) is 0 Å². The maximum atomic E-state index is 12.8. The lowest BCUT2D eigenvalue weighted by molar-refractivity contribution is -0.133. The predicted octanol–water partition coefficient (Wildman–Crippen LogP) is 4.41. The number of nitrogens with zero attached hydrogens (tertiary/aromatic N) is 1. The highest BCUT2D eigenvalue weighted by Gasteiger charge is 2.42. The molecule has 2 aromatic carbocycles. The molecule has 0 radical (unpaired) electrons. The summed E-state index contributed by atoms with van der Waals surface area (Å²) in [5.74, 6) is 1.02. The molecule has 2 fully saturated rings. The van der Waals surface area contributed by atoms with Crippen molar-refractivity contribution >= 4 is 23.3 Å². The van der Waals surface area contributed by atoms with Crippen LogP contribution in [0.25, 0.3) is 0 Å². The van der Waals surface area contributed by atoms with Crippen LogP contribution in [0.3, 0.4) is 0 Å². The number of benzene rings is 2. The number of halogens is 1. The second-order valence-electron chi connectivity index (χ2n) is 8.85. The molecule has 2 unspecified atom stereocenters. The van der Waals surface area contributed by atoms with Gasteiger partial charge in [0.25, 0.3) is 0 Å². The van der Waals surface area contributed by atoms with Crippen LogP contribution in [0.1, 0.15) is 43.7 Å². The number of amides is 1. The minimum atomic E-state index is -0.938. The van der Waals surface area contributed by atoms with Crippen LogP contribution in [-0.2, 0) is 20.7 Å². The molecule has 2 saturated heterocycles. The van der Waals surface area contributed by atoms with Crippen LogP contribution in [0, 0.1) is 0 Å². The van der Waals surface area contributed by atoms with Gasteiger partial charge in [-0.25, -0.2) is 0 Å². The number of ketones is 1. The van der Waals surface area contributed by atoms with Crippen molar-refractivity contribution in [3.63, 3.8) is 0 Å². The van der Waals surface area contributed by atoms with E-state index in [2.05, 4.69) is 6.07 Å². The van der Waals surface area contributed by atoms with Crippen LogP contribution in [0.2, 0.25) is 5.02 Å². The lowest BCUT2D eigenvalue weighted by Gasteiger charge is -2.33. The Morgan fingerprint density at radius 2 is 1.94 bits per heavy atom. The smallest absolute Gasteiger partial charge is 0.227 e. The highest BCUT2D eigenvalue weighted by molar-refractivity contribution is 6.30. The Hall–Kier alpha value is -2.37. The molecular weight excluding hydrogens is 414 g/mol. The summed E-state index contributed by atoms with van der Waals surface area (Å²) in [7, 11) is 0. The van der Waals surface area contributed by atoms with Gasteiger partial charge in [-0.2, -0.15) is 0 Å². The van der Waals surface area contributed by atoms with Gasteiger partial charge in [0.05, 0.1) is 13.0 Å². The molecule has 0 bridgehead atoms. The number of piperidine rings is 1. The molecule has 2 aliphatic rings. The van der Waals surface area contributed by atoms with Gasteiger partial charge in [-0.05, 0) is 62.1 Å². The summed E-state index contributed by atoms with van der Waals surface area (Å²) in [6, 6.07) is 15.3. The molecule has 5 nitrogen and oxygen atoms in total. The van der Waals surface area contributed by atoms with Gasteiger partial charge in [-0.15, -0.1) is 0 Å². The average molecular weight is 442 g/mol. The molecule has 0 saturated carbocycles. The Morgan fingerprint density at radius 3 is 2.65 bits per heavy atom. The number of ether oxygens (including phenoxy) is 2. The maximum Gasteiger partial charge on any atom is 0.227 e. The van der Waals surface area contributed by atoms with E-state index in [-0.39, 0.29) is 23.7 Å². The molecule has 0 spiro atoms. The van der Waals surface area contributed by atoms with Crippen LogP contribution < -0.4 is 4.74 Å². The van der Waals surface area contributed by atoms with E-state index >= 15 is 0 Å². The summed E-state index contributed by atoms with van der Waals surface area (Å²) in [6.07, 6.45) is 2.03. The number of hydrogen-bond donors (Lipinski definition) is 0. The van der Waals surface area contributed by atoms with E-state index in [0.29, 0.717) is 30.3 Å². The van der Waals surface area contributed by atoms with E-state index in [1.54, 1.807) is 13.8 Å². The lowest BCUT2D eigenvalue weighted by Crippen LogP contribution is -2.41. The molecule has 2 aliphatic heterocycles. The first kappa shape index (κ1) is 21.8. The van der Waals surface area contributed by atoms with Crippen LogP contribution in [0.15, 0.2) is 48.5 Å². The van der Waals surface area contributed by atoms with E-state index in [0.717, 1.165) is 30.5 Å². The fourth-order valence-corrected chi connectivity index (χ4v) is 4.25. The van der Waals surface area contributed by atoms with E-state index in [1.807, 2.05) is 47.4 Å². The topological polar surface area (TPSA) is 59.1 Å². The van der Waals surface area contributed by atoms with Crippen molar-refractivity contribution in [3.05, 3.63) is 64.7 Å². The van der Waals surface area contributed by atoms with E-state index in [9.17, 15) is 9.59 Å². The van der Waals surface area contributed by atoms with Gasteiger partial charge in [-0.3, -0.25) is 9.59 Å². The summed E-state index contributed by atoms with van der Waals surface area (Å²) in [5, 5.41) is 0.672. The normalized spacial score (nSPS) is 20.9. The summed E-state index contributed by atoms with van der Waals surface area (Å²) < 4.78 is 11.2. The minimum Gasteiger partial charge on any atom is -0.480 e. The van der Waals surface area contributed by atoms with Crippen LogP contribution in [0.5, 0.6) is 5.75 Å². The number of Topliss-reactive ketones (excluding diaryl/α,β-unsaturated/α-hetero) is 1. The molecule has 6 heteroatoms. The number of likely N-dealkylation sites (tertiary alicyclic amines) is 1. The average Bonchev–Trinajstić information content (AvgIpc) is 3.60. The Labute approximate surface area is 188 Å². The zero-order chi connectivity index (χ0) is 22.0. The maximum absolute atomic E-state index is 12.8. The SMILES string of the molecule is CC(C)(Oc1cccc(C2CCCN(C(=O)Cc3ccc(Cl)cc3)C2)c1)C(=O)C1CO1. The molecule has 0 aliphatic carbocycles. The largest absolute Gasteiger partial charge is 0.480 e. The molecule has 0 N–H and O–H groups in total. The van der Waals surface area contributed by atoms with E-state index in [4.69, 9.17) is 21.1 Å². The monoisotopic (exact) mass is 441 g/mol. The van der Waals surface area contributed by atoms with Crippen molar-refractivity contribution < 1.29 is 19.1 Å². The van der Waals surface area contributed by atoms with Gasteiger partial charge in [0.2, 0.25) is 11.7 Å². The number of carbonyl (C=O) groups excluding carboxylic acids is 2. The first-order chi connectivity index (χ1) is 14.8. The third-order valence-corrected chi connectivity index (χ3v) is 6.22. The standard InChI is InChI=1S/C25H28ClNO4/c1-25(2,24(29)22-16-30-22)31-21-7-3-5-18(14-21)19-6-4-12-27(15-19)23(28)13-17-8-10-20(26)11-9-17/h3,5,7-11,14,19,22H,4,6,12-13,15-16H2,1-2H3. The lowest BCUT2D eigenvalue weighted by atomic mass is 9.90. The first-order valence-electron chi connectivity index (χ1n) is 10.8. The summed E-state index contributed by atoms with van der Waals surface area (Å²) >= 11 is 5.94. The number of carbonyl (C=O) groups is 2. The van der Waals surface area contributed by atoms with Crippen molar-refractivity contribution in [3.8, 4) is 5.75 Å². The summed E-state index contributed by atoms with van der Waals surface area (Å²) in [5.41, 5.74) is 1.17. The van der Waals surface area contributed by atoms with Gasteiger partial charge in [0, 0.05) is 24.0 Å². The number of hydrogen-bond acceptors (Lipinski definition) is 4. The zero-order valence-corrected chi connectivity index (χ0v) is 18.7. The van der Waals surface area contributed by atoms with Gasteiger partial charge < -0.3 is 14.4 Å². The number of epoxide rings is 1. The predicted molar refractivity (Wildman–Crippen MR) is 120 cm³/mol. The third-order valence-electron chi connectivity index (χ3n) is 5.96. The summed E-state index contributed by atoms with van der Waals surface area (Å²) in [6.45, 7) is 5.51. The second-order valence-corrected chi connectivity index (χ2v) is 9.29. The van der Waals surface area contributed by atoms with Gasteiger partial charge >= 0.3 is 0 Å². The highest BCUT2D eigenvalue weighted by Crippen LogP contribution is 2.31. The molecule has 2 atom stereocenters. The molecule has 4 rings (SSSR count). The Morgan fingerprint density at radius 1 is 1.19 bits per heavy atom. The minimum absolute atomic E-state index is 0.0328. The van der Waals surface area contributed by atoms with Gasteiger partial charge in [-0.1, -0.05) is 35.9 Å². The van der Waals surface area contributed by atoms with Gasteiger partial charge in [0.15, 0.2) is 5.60 Å². The third kappa shape index (κ3) is 5.46. The van der Waals surface area contributed by atoms with Crippen molar-refractivity contribution in [1.29, 1.82) is 0 Å². The molecular formula is C25H28ClNO4. The zero-order valence-electron chi connectivity index (χ0n) is 18.0. The highest BCUT2D eigenvalue weighted by atomic mass is 35.5. The molecule has 31 heavy (non-hydrogen) atoms. The quantitative estimate of drug-likeness (QED) is 0.597. The fraction of sp³-hybridized carbons (Fsp3) is 0.440. The van der Waals surface area contributed by atoms with Crippen molar-refractivity contribution in [2.75, 3.05) is 19.7 Å². The summed E-state index contributed by atoms with van der Waals surface area (Å²) in [4.78, 5) is 27.2. The molecule has 0 aromatic heterocycles. The Kier molecular flexibility index (Phi) is 6.35. The van der Waals surface area contributed by atoms with E-state index in [1.165, 1.54) is 0 Å².